The third-order valence-corrected chi connectivity index (χ3v) is 2.90. The molecule has 2 aromatic rings. The van der Waals surface area contributed by atoms with Gasteiger partial charge in [0.15, 0.2) is 5.75 Å². The molecule has 6 nitrogen and oxygen atoms in total. The van der Waals surface area contributed by atoms with E-state index in [1.54, 1.807) is 36.4 Å². The van der Waals surface area contributed by atoms with E-state index < -0.39 is 0 Å². The fourth-order valence-electron chi connectivity index (χ4n) is 1.85. The summed E-state index contributed by atoms with van der Waals surface area (Å²) >= 11 is 0. The van der Waals surface area contributed by atoms with Gasteiger partial charge in [0, 0.05) is 12.1 Å². The van der Waals surface area contributed by atoms with Crippen molar-refractivity contribution in [3.05, 3.63) is 36.4 Å². The fourth-order valence-corrected chi connectivity index (χ4v) is 1.85. The number of nitrogen functional groups attached to an aromatic ring is 4. The molecule has 0 aliphatic heterocycles. The molecule has 2 rings (SSSR count). The largest absolute Gasteiger partial charge is 0.491 e. The molecule has 21 heavy (non-hydrogen) atoms. The van der Waals surface area contributed by atoms with Crippen molar-refractivity contribution in [3.8, 4) is 11.5 Å². The van der Waals surface area contributed by atoms with Crippen molar-refractivity contribution in [3.63, 3.8) is 0 Å². The van der Waals surface area contributed by atoms with Gasteiger partial charge in [-0.1, -0.05) is 6.07 Å². The van der Waals surface area contributed by atoms with Crippen molar-refractivity contribution in [2.24, 2.45) is 0 Å². The first-order valence-corrected chi connectivity index (χ1v) is 6.62. The van der Waals surface area contributed by atoms with Gasteiger partial charge in [-0.25, -0.2) is 0 Å². The van der Waals surface area contributed by atoms with Gasteiger partial charge in [-0.2, -0.15) is 0 Å². The molecule has 0 aliphatic carbocycles. The van der Waals surface area contributed by atoms with E-state index in [0.29, 0.717) is 53.9 Å². The van der Waals surface area contributed by atoms with Crippen molar-refractivity contribution in [2.45, 2.75) is 6.42 Å². The Morgan fingerprint density at radius 2 is 1.43 bits per heavy atom. The molecule has 8 N–H and O–H groups in total. The number of hydrogen-bond acceptors (Lipinski definition) is 6. The van der Waals surface area contributed by atoms with E-state index in [2.05, 4.69) is 0 Å². The molecule has 0 heterocycles. The lowest BCUT2D eigenvalue weighted by Gasteiger charge is -2.12. The number of hydrogen-bond donors (Lipinski definition) is 4. The Labute approximate surface area is 123 Å². The minimum atomic E-state index is 0.452. The van der Waals surface area contributed by atoms with Crippen LogP contribution in [0.4, 0.5) is 22.7 Å². The van der Waals surface area contributed by atoms with Gasteiger partial charge in [-0.3, -0.25) is 0 Å². The van der Waals surface area contributed by atoms with Crippen molar-refractivity contribution in [1.29, 1.82) is 0 Å². The molecule has 6 heteroatoms. The highest BCUT2D eigenvalue weighted by Crippen LogP contribution is 2.28. The molecule has 0 radical (unpaired) electrons. The number of para-hydroxylation sites is 1. The molecule has 0 bridgehead atoms. The van der Waals surface area contributed by atoms with E-state index in [1.165, 1.54) is 0 Å². The predicted molar refractivity (Wildman–Crippen MR) is 86.1 cm³/mol. The van der Waals surface area contributed by atoms with Crippen LogP contribution in [0.3, 0.4) is 0 Å². The summed E-state index contributed by atoms with van der Waals surface area (Å²) in [5.74, 6) is 1.13. The average Bonchev–Trinajstić information content (AvgIpc) is 2.43. The normalized spacial score (nSPS) is 10.3. The van der Waals surface area contributed by atoms with E-state index in [0.717, 1.165) is 0 Å². The molecule has 0 unspecified atom stereocenters. The third kappa shape index (κ3) is 3.85. The monoisotopic (exact) mass is 288 g/mol. The Bertz CT molecular complexity index is 596. The van der Waals surface area contributed by atoms with Gasteiger partial charge >= 0.3 is 0 Å². The summed E-state index contributed by atoms with van der Waals surface area (Å²) < 4.78 is 11.1. The van der Waals surface area contributed by atoms with Crippen molar-refractivity contribution in [1.82, 2.24) is 0 Å². The first kappa shape index (κ1) is 14.6. The topological polar surface area (TPSA) is 123 Å². The first-order valence-electron chi connectivity index (χ1n) is 6.62. The molecule has 0 spiro atoms. The van der Waals surface area contributed by atoms with Crippen molar-refractivity contribution < 1.29 is 9.47 Å². The number of anilines is 4. The fraction of sp³-hybridized carbons (Fsp3) is 0.200. The van der Waals surface area contributed by atoms with E-state index in [9.17, 15) is 0 Å². The summed E-state index contributed by atoms with van der Waals surface area (Å²) in [7, 11) is 0. The zero-order valence-electron chi connectivity index (χ0n) is 11.7. The van der Waals surface area contributed by atoms with Crippen molar-refractivity contribution in [2.75, 3.05) is 36.1 Å². The Morgan fingerprint density at radius 1 is 0.762 bits per heavy atom. The van der Waals surface area contributed by atoms with Crippen LogP contribution in [-0.4, -0.2) is 13.2 Å². The highest BCUT2D eigenvalue weighted by Gasteiger charge is 2.05. The van der Waals surface area contributed by atoms with Crippen LogP contribution in [0, 0.1) is 0 Å². The Kier molecular flexibility index (Phi) is 4.61. The lowest BCUT2D eigenvalue weighted by Crippen LogP contribution is -2.08. The maximum atomic E-state index is 5.80. The molecule has 0 atom stereocenters. The van der Waals surface area contributed by atoms with Crippen LogP contribution in [0.5, 0.6) is 11.5 Å². The molecule has 112 valence electrons. The second kappa shape index (κ2) is 6.60. The summed E-state index contributed by atoms with van der Waals surface area (Å²) in [6.45, 7) is 0.925. The van der Waals surface area contributed by atoms with E-state index in [-0.39, 0.29) is 0 Å². The third-order valence-electron chi connectivity index (χ3n) is 2.90. The van der Waals surface area contributed by atoms with Crippen LogP contribution in [0.15, 0.2) is 36.4 Å². The second-order valence-electron chi connectivity index (χ2n) is 4.61. The number of nitrogens with two attached hydrogens (primary N) is 4. The van der Waals surface area contributed by atoms with E-state index >= 15 is 0 Å². The van der Waals surface area contributed by atoms with Gasteiger partial charge in [-0.15, -0.1) is 0 Å². The highest BCUT2D eigenvalue weighted by molar-refractivity contribution is 5.66. The second-order valence-corrected chi connectivity index (χ2v) is 4.61. The maximum Gasteiger partial charge on any atom is 0.165 e. The summed E-state index contributed by atoms with van der Waals surface area (Å²) in [4.78, 5) is 0. The van der Waals surface area contributed by atoms with E-state index in [4.69, 9.17) is 32.4 Å². The Balaban J connectivity index is 1.78. The van der Waals surface area contributed by atoms with Gasteiger partial charge in [0.1, 0.15) is 5.75 Å². The zero-order valence-corrected chi connectivity index (χ0v) is 11.7. The molecular weight excluding hydrogens is 268 g/mol. The number of ether oxygens (including phenoxy) is 2. The smallest absolute Gasteiger partial charge is 0.165 e. The standard InChI is InChI=1S/C15H20N4O2/c16-10-5-6-14(13(19)9-10)20-7-2-8-21-15-11(17)3-1-4-12(15)18/h1,3-6,9H,2,7-8,16-19H2. The summed E-state index contributed by atoms with van der Waals surface area (Å²) in [5, 5.41) is 0. The quantitative estimate of drug-likeness (QED) is 0.475. The van der Waals surface area contributed by atoms with E-state index in [1.807, 2.05) is 0 Å². The summed E-state index contributed by atoms with van der Waals surface area (Å²) in [6, 6.07) is 10.4. The minimum absolute atomic E-state index is 0.452. The minimum Gasteiger partial charge on any atom is -0.491 e. The molecule has 0 aliphatic rings. The predicted octanol–water partition coefficient (Wildman–Crippen LogP) is 1.86. The first-order chi connectivity index (χ1) is 10.1. The maximum absolute atomic E-state index is 5.80. The molecule has 0 saturated carbocycles. The van der Waals surface area contributed by atoms with Gasteiger partial charge in [0.05, 0.1) is 30.3 Å². The van der Waals surface area contributed by atoms with Crippen LogP contribution >= 0.6 is 0 Å². The molecule has 2 aromatic carbocycles. The van der Waals surface area contributed by atoms with Crippen LogP contribution < -0.4 is 32.4 Å². The molecule has 0 fully saturated rings. The molecule has 0 aromatic heterocycles. The molecule has 0 amide bonds. The number of benzene rings is 2. The van der Waals surface area contributed by atoms with Gasteiger partial charge in [-0.05, 0) is 30.3 Å². The van der Waals surface area contributed by atoms with Crippen LogP contribution in [-0.2, 0) is 0 Å². The van der Waals surface area contributed by atoms with Gasteiger partial charge in [0.25, 0.3) is 0 Å². The molecule has 0 saturated heterocycles. The SMILES string of the molecule is Nc1ccc(OCCCOc2c(N)cccc2N)c(N)c1. The van der Waals surface area contributed by atoms with Crippen LogP contribution in [0.2, 0.25) is 0 Å². The Morgan fingerprint density at radius 3 is 2.10 bits per heavy atom. The summed E-state index contributed by atoms with van der Waals surface area (Å²) in [6.07, 6.45) is 0.678. The van der Waals surface area contributed by atoms with Crippen LogP contribution in [0.25, 0.3) is 0 Å². The molecular formula is C15H20N4O2. The van der Waals surface area contributed by atoms with Gasteiger partial charge in [0.2, 0.25) is 0 Å². The lowest BCUT2D eigenvalue weighted by molar-refractivity contribution is 0.249. The zero-order chi connectivity index (χ0) is 15.2. The van der Waals surface area contributed by atoms with Crippen molar-refractivity contribution >= 4 is 22.7 Å². The summed E-state index contributed by atoms with van der Waals surface area (Å²) in [5.41, 5.74) is 25.2. The lowest BCUT2D eigenvalue weighted by atomic mass is 10.2. The van der Waals surface area contributed by atoms with Gasteiger partial charge < -0.3 is 32.4 Å². The highest BCUT2D eigenvalue weighted by atomic mass is 16.5. The average molecular weight is 288 g/mol. The Hall–Kier alpha value is -2.76. The number of rotatable bonds is 6. The van der Waals surface area contributed by atoms with Crippen LogP contribution in [0.1, 0.15) is 6.42 Å².